The molecular weight excluding hydrogens is 570 g/mol. The second-order valence-electron chi connectivity index (χ2n) is 9.42. The number of pyridine rings is 1. The van der Waals surface area contributed by atoms with E-state index in [1.165, 1.54) is 36.4 Å². The Hall–Kier alpha value is -4.97. The van der Waals surface area contributed by atoms with Crippen molar-refractivity contribution < 1.29 is 41.7 Å². The monoisotopic (exact) mass is 595 g/mol. The van der Waals surface area contributed by atoms with Crippen molar-refractivity contribution in [3.8, 4) is 22.9 Å². The van der Waals surface area contributed by atoms with Crippen molar-refractivity contribution in [2.24, 2.45) is 0 Å². The van der Waals surface area contributed by atoms with Crippen molar-refractivity contribution in [2.75, 3.05) is 13.7 Å². The second-order valence-corrected chi connectivity index (χ2v) is 9.42. The van der Waals surface area contributed by atoms with E-state index in [2.05, 4.69) is 14.7 Å². The van der Waals surface area contributed by atoms with Crippen LogP contribution in [0.1, 0.15) is 27.3 Å². The second kappa shape index (κ2) is 12.9. The first-order valence-corrected chi connectivity index (χ1v) is 13.1. The van der Waals surface area contributed by atoms with Gasteiger partial charge in [-0.05, 0) is 42.0 Å². The molecule has 0 atom stereocenters. The van der Waals surface area contributed by atoms with Crippen LogP contribution in [0.4, 0.5) is 17.6 Å². The van der Waals surface area contributed by atoms with Crippen LogP contribution < -0.4 is 9.47 Å². The van der Waals surface area contributed by atoms with Gasteiger partial charge in [0.25, 0.3) is 0 Å². The molecule has 2 aromatic heterocycles. The first kappa shape index (κ1) is 29.5. The zero-order valence-electron chi connectivity index (χ0n) is 22.8. The van der Waals surface area contributed by atoms with Crippen LogP contribution in [0.5, 0.6) is 11.6 Å². The summed E-state index contributed by atoms with van der Waals surface area (Å²) in [7, 11) is 1.55. The number of ether oxygens (including phenoxy) is 3. The molecule has 0 saturated carbocycles. The van der Waals surface area contributed by atoms with Gasteiger partial charge in [0.15, 0.2) is 11.6 Å². The Bertz CT molecular complexity index is 1780. The molecule has 0 fully saturated rings. The molecule has 0 spiro atoms. The number of aromatic carboxylic acids is 1. The molecule has 0 aliphatic heterocycles. The van der Waals surface area contributed by atoms with Gasteiger partial charge in [-0.25, -0.2) is 23.5 Å². The average Bonchev–Trinajstić information content (AvgIpc) is 3.33. The van der Waals surface area contributed by atoms with Gasteiger partial charge in [-0.15, -0.1) is 0 Å². The Balaban J connectivity index is 1.35. The highest BCUT2D eigenvalue weighted by Crippen LogP contribution is 2.27. The van der Waals surface area contributed by atoms with Crippen LogP contribution in [0, 0.1) is 11.6 Å². The van der Waals surface area contributed by atoms with Gasteiger partial charge in [-0.2, -0.15) is 8.78 Å². The van der Waals surface area contributed by atoms with Crippen LogP contribution in [0.15, 0.2) is 72.8 Å². The highest BCUT2D eigenvalue weighted by atomic mass is 19.3. The van der Waals surface area contributed by atoms with Crippen molar-refractivity contribution in [3.05, 3.63) is 107 Å². The van der Waals surface area contributed by atoms with Gasteiger partial charge < -0.3 is 23.9 Å². The summed E-state index contributed by atoms with van der Waals surface area (Å²) in [5, 5.41) is 9.40. The summed E-state index contributed by atoms with van der Waals surface area (Å²) in [5.41, 5.74) is 2.53. The maximum atomic E-state index is 15.4. The first-order valence-electron chi connectivity index (χ1n) is 13.1. The van der Waals surface area contributed by atoms with Crippen molar-refractivity contribution in [2.45, 2.75) is 26.2 Å². The number of methoxy groups -OCH3 is 1. The summed E-state index contributed by atoms with van der Waals surface area (Å²) < 4.78 is 71.6. The van der Waals surface area contributed by atoms with E-state index in [1.54, 1.807) is 37.4 Å². The number of alkyl halides is 2. The molecule has 0 bridgehead atoms. The predicted molar refractivity (Wildman–Crippen MR) is 148 cm³/mol. The molecule has 3 aromatic carbocycles. The molecule has 2 heterocycles. The van der Waals surface area contributed by atoms with E-state index in [0.29, 0.717) is 46.8 Å². The van der Waals surface area contributed by atoms with Gasteiger partial charge in [0.05, 0.1) is 28.9 Å². The number of aromatic nitrogens is 3. The summed E-state index contributed by atoms with van der Waals surface area (Å²) in [4.78, 5) is 20.5. The minimum absolute atomic E-state index is 0.00328. The number of imidazole rings is 1. The molecule has 222 valence electrons. The molecule has 0 amide bonds. The zero-order valence-corrected chi connectivity index (χ0v) is 22.8. The van der Waals surface area contributed by atoms with Gasteiger partial charge >= 0.3 is 12.6 Å². The molecule has 5 aromatic rings. The van der Waals surface area contributed by atoms with Gasteiger partial charge in [0.1, 0.15) is 18.2 Å². The lowest BCUT2D eigenvalue weighted by Crippen LogP contribution is -2.10. The van der Waals surface area contributed by atoms with Crippen molar-refractivity contribution in [1.82, 2.24) is 14.5 Å². The largest absolute Gasteiger partial charge is 0.478 e. The van der Waals surface area contributed by atoms with E-state index >= 15 is 4.39 Å². The highest BCUT2D eigenvalue weighted by molar-refractivity contribution is 5.92. The molecule has 0 unspecified atom stereocenters. The number of hydrogen-bond acceptors (Lipinski definition) is 6. The molecule has 43 heavy (non-hydrogen) atoms. The van der Waals surface area contributed by atoms with Gasteiger partial charge in [-0.1, -0.05) is 30.3 Å². The summed E-state index contributed by atoms with van der Waals surface area (Å²) in [5.74, 6) is -2.45. The Kier molecular flexibility index (Phi) is 8.86. The number of benzene rings is 3. The Morgan fingerprint density at radius 2 is 1.79 bits per heavy atom. The van der Waals surface area contributed by atoms with Crippen molar-refractivity contribution >= 4 is 17.0 Å². The van der Waals surface area contributed by atoms with E-state index in [0.717, 1.165) is 6.07 Å². The number of nitrogens with zero attached hydrogens (tertiary/aromatic N) is 3. The van der Waals surface area contributed by atoms with Crippen LogP contribution in [0.2, 0.25) is 0 Å². The number of carbonyl (C=O) groups is 1. The quantitative estimate of drug-likeness (QED) is 0.165. The number of fused-ring (bicyclic) bond motifs is 1. The number of carboxylic acid groups (broad SMARTS) is 1. The van der Waals surface area contributed by atoms with E-state index in [-0.39, 0.29) is 30.0 Å². The Labute approximate surface area is 243 Å². The molecule has 1 N–H and O–H groups in total. The van der Waals surface area contributed by atoms with E-state index in [4.69, 9.17) is 9.47 Å². The molecule has 0 aliphatic carbocycles. The van der Waals surface area contributed by atoms with Gasteiger partial charge in [0, 0.05) is 37.3 Å². The average molecular weight is 596 g/mol. The smallest absolute Gasteiger partial charge is 0.387 e. The Morgan fingerprint density at radius 3 is 2.53 bits per heavy atom. The number of halogens is 4. The van der Waals surface area contributed by atoms with Crippen molar-refractivity contribution in [1.29, 1.82) is 0 Å². The lowest BCUT2D eigenvalue weighted by molar-refractivity contribution is -0.0523. The normalized spacial score (nSPS) is 11.3. The maximum absolute atomic E-state index is 15.4. The molecule has 0 radical (unpaired) electrons. The maximum Gasteiger partial charge on any atom is 0.387 e. The minimum Gasteiger partial charge on any atom is -0.478 e. The van der Waals surface area contributed by atoms with Crippen LogP contribution in [0.3, 0.4) is 0 Å². The fourth-order valence-corrected chi connectivity index (χ4v) is 4.56. The van der Waals surface area contributed by atoms with Crippen LogP contribution >= 0.6 is 0 Å². The van der Waals surface area contributed by atoms with Crippen molar-refractivity contribution in [3.63, 3.8) is 0 Å². The van der Waals surface area contributed by atoms with Crippen LogP contribution in [0.25, 0.3) is 22.3 Å². The standard InChI is InChI=1S/C31H25F4N3O5/c1-41-13-12-38-25-15-20(30(39)40)10-11-24(25)36-27(38)16-18-8-9-19(14-22(18)32)23-5-3-7-28(37-23)42-17-21-4-2-6-26(29(21)33)43-31(34)35/h2-11,14-15,31H,12-13,16-17H2,1H3,(H,39,40). The zero-order chi connectivity index (χ0) is 30.5. The molecule has 5 rings (SSSR count). The third kappa shape index (κ3) is 6.75. The fraction of sp³-hybridized carbons (Fsp3) is 0.194. The topological polar surface area (TPSA) is 95.7 Å². The summed E-state index contributed by atoms with van der Waals surface area (Å²) in [6.45, 7) is -2.72. The van der Waals surface area contributed by atoms with Gasteiger partial charge in [0.2, 0.25) is 5.88 Å². The highest BCUT2D eigenvalue weighted by Gasteiger charge is 2.17. The molecular formula is C31H25F4N3O5. The number of rotatable bonds is 12. The van der Waals surface area contributed by atoms with E-state index in [1.807, 2.05) is 4.57 Å². The van der Waals surface area contributed by atoms with E-state index < -0.39 is 30.0 Å². The predicted octanol–water partition coefficient (Wildman–Crippen LogP) is 6.49. The van der Waals surface area contributed by atoms with Gasteiger partial charge in [-0.3, -0.25) is 0 Å². The van der Waals surface area contributed by atoms with Crippen LogP contribution in [-0.2, 0) is 24.3 Å². The lowest BCUT2D eigenvalue weighted by Gasteiger charge is -2.12. The summed E-state index contributed by atoms with van der Waals surface area (Å²) in [6, 6.07) is 17.9. The summed E-state index contributed by atoms with van der Waals surface area (Å²) >= 11 is 0. The molecule has 8 nitrogen and oxygen atoms in total. The fourth-order valence-electron chi connectivity index (χ4n) is 4.56. The Morgan fingerprint density at radius 1 is 0.977 bits per heavy atom. The molecule has 0 aliphatic rings. The summed E-state index contributed by atoms with van der Waals surface area (Å²) in [6.07, 6.45) is 0.142. The first-order chi connectivity index (χ1) is 20.7. The third-order valence-electron chi connectivity index (χ3n) is 6.65. The molecule has 0 saturated heterocycles. The minimum atomic E-state index is -3.17. The third-order valence-corrected chi connectivity index (χ3v) is 6.65. The number of carboxylic acids is 1. The number of hydrogen-bond donors (Lipinski definition) is 1. The SMILES string of the molecule is COCCn1c(Cc2ccc(-c3cccc(OCc4cccc(OC(F)F)c4F)n3)cc2F)nc2ccc(C(=O)O)cc21. The lowest BCUT2D eigenvalue weighted by atomic mass is 10.1. The van der Waals surface area contributed by atoms with Crippen LogP contribution in [-0.4, -0.2) is 45.9 Å². The van der Waals surface area contributed by atoms with E-state index in [9.17, 15) is 23.1 Å². The molecule has 12 heteroatoms.